The Morgan fingerprint density at radius 2 is 1.68 bits per heavy atom. The number of nitrogens with zero attached hydrogens (tertiary/aromatic N) is 2. The van der Waals surface area contributed by atoms with Gasteiger partial charge in [0.05, 0.1) is 23.4 Å². The van der Waals surface area contributed by atoms with E-state index in [0.717, 1.165) is 23.1 Å². The molecule has 0 saturated heterocycles. The number of rotatable bonds is 5. The maximum Gasteiger partial charge on any atom is 0.416 e. The monoisotopic (exact) mass is 390 g/mol. The first-order chi connectivity index (χ1) is 13.3. The van der Waals surface area contributed by atoms with Gasteiger partial charge in [-0.05, 0) is 23.8 Å². The van der Waals surface area contributed by atoms with Gasteiger partial charge in [0.25, 0.3) is 11.8 Å². The zero-order valence-corrected chi connectivity index (χ0v) is 14.9. The van der Waals surface area contributed by atoms with Crippen LogP contribution in [0.5, 0.6) is 0 Å². The summed E-state index contributed by atoms with van der Waals surface area (Å²) in [4.78, 5) is 28.3. The molecule has 2 aromatic rings. The van der Waals surface area contributed by atoms with E-state index < -0.39 is 23.6 Å². The predicted molar refractivity (Wildman–Crippen MR) is 97.0 cm³/mol. The number of carbonyl (C=O) groups is 2. The third-order valence-electron chi connectivity index (χ3n) is 4.37. The lowest BCUT2D eigenvalue weighted by Gasteiger charge is -2.21. The fraction of sp³-hybridized carbons (Fsp3) is 0.200. The molecule has 0 radical (unpaired) electrons. The van der Waals surface area contributed by atoms with Crippen molar-refractivity contribution in [3.8, 4) is 0 Å². The van der Waals surface area contributed by atoms with E-state index in [-0.39, 0.29) is 30.1 Å². The second-order valence-corrected chi connectivity index (χ2v) is 6.23. The molecule has 0 spiro atoms. The molecular weight excluding hydrogens is 373 g/mol. The minimum absolute atomic E-state index is 0.0302. The van der Waals surface area contributed by atoms with Gasteiger partial charge in [-0.25, -0.2) is 4.90 Å². The molecule has 3 rings (SSSR count). The molecule has 28 heavy (non-hydrogen) atoms. The van der Waals surface area contributed by atoms with E-state index in [1.165, 1.54) is 18.0 Å². The number of aliphatic hydroxyl groups excluding tert-OH is 1. The molecule has 5 nitrogen and oxygen atoms in total. The molecule has 0 aliphatic carbocycles. The van der Waals surface area contributed by atoms with Crippen molar-refractivity contribution in [2.75, 3.05) is 25.1 Å². The number of halogens is 3. The smallest absolute Gasteiger partial charge is 0.395 e. The van der Waals surface area contributed by atoms with Crippen LogP contribution in [0, 0.1) is 0 Å². The zero-order chi connectivity index (χ0) is 20.5. The molecule has 0 unspecified atom stereocenters. The Labute approximate surface area is 159 Å². The van der Waals surface area contributed by atoms with Crippen molar-refractivity contribution in [1.82, 2.24) is 4.90 Å². The number of hydrogen-bond acceptors (Lipinski definition) is 4. The molecule has 146 valence electrons. The fourth-order valence-electron chi connectivity index (χ4n) is 3.05. The molecule has 1 aliphatic heterocycles. The van der Waals surface area contributed by atoms with Gasteiger partial charge in [-0.15, -0.1) is 0 Å². The van der Waals surface area contributed by atoms with E-state index in [1.54, 1.807) is 30.3 Å². The van der Waals surface area contributed by atoms with Crippen LogP contribution in [0.1, 0.15) is 11.1 Å². The number of anilines is 1. The van der Waals surface area contributed by atoms with Crippen LogP contribution in [-0.2, 0) is 15.8 Å². The fourth-order valence-corrected chi connectivity index (χ4v) is 3.05. The lowest BCUT2D eigenvalue weighted by molar-refractivity contribution is -0.137. The molecular formula is C20H17F3N2O3. The summed E-state index contributed by atoms with van der Waals surface area (Å²) in [5.74, 6) is -1.45. The number of likely N-dealkylation sites (N-methyl/N-ethyl adjacent to an activating group) is 1. The van der Waals surface area contributed by atoms with Crippen molar-refractivity contribution in [2.45, 2.75) is 6.18 Å². The van der Waals surface area contributed by atoms with E-state index in [9.17, 15) is 27.9 Å². The molecule has 8 heteroatoms. The van der Waals surface area contributed by atoms with Crippen LogP contribution in [0.3, 0.4) is 0 Å². The standard InChI is InChI=1S/C20H17F3N2O3/c1-24(10-11-26)17-16(13-6-3-2-4-7-13)18(27)25(19(17)28)15-9-5-8-14(12-15)20(21,22)23/h2-9,12,26H,10-11H2,1H3. The average molecular weight is 390 g/mol. The minimum Gasteiger partial charge on any atom is -0.395 e. The van der Waals surface area contributed by atoms with E-state index in [4.69, 9.17) is 0 Å². The van der Waals surface area contributed by atoms with Gasteiger partial charge in [-0.1, -0.05) is 36.4 Å². The van der Waals surface area contributed by atoms with Crippen LogP contribution in [0.2, 0.25) is 0 Å². The summed E-state index contributed by atoms with van der Waals surface area (Å²) >= 11 is 0. The highest BCUT2D eigenvalue weighted by Gasteiger charge is 2.42. The topological polar surface area (TPSA) is 60.9 Å². The van der Waals surface area contributed by atoms with Crippen molar-refractivity contribution in [1.29, 1.82) is 0 Å². The Balaban J connectivity index is 2.11. The second-order valence-electron chi connectivity index (χ2n) is 6.23. The number of hydrogen-bond donors (Lipinski definition) is 1. The van der Waals surface area contributed by atoms with Crippen molar-refractivity contribution < 1.29 is 27.9 Å². The Hall–Kier alpha value is -3.13. The van der Waals surface area contributed by atoms with Crippen LogP contribution in [0.4, 0.5) is 18.9 Å². The van der Waals surface area contributed by atoms with Gasteiger partial charge in [0.15, 0.2) is 0 Å². The summed E-state index contributed by atoms with van der Waals surface area (Å²) < 4.78 is 39.2. The summed E-state index contributed by atoms with van der Waals surface area (Å²) in [5.41, 5.74) is -0.536. The normalized spacial score (nSPS) is 14.8. The lowest BCUT2D eigenvalue weighted by atomic mass is 10.0. The number of benzene rings is 2. The Kier molecular flexibility index (Phi) is 5.24. The van der Waals surface area contributed by atoms with Gasteiger partial charge < -0.3 is 10.0 Å². The molecule has 0 atom stereocenters. The van der Waals surface area contributed by atoms with Gasteiger partial charge >= 0.3 is 6.18 Å². The van der Waals surface area contributed by atoms with E-state index >= 15 is 0 Å². The molecule has 0 bridgehead atoms. The maximum atomic E-state index is 13.1. The predicted octanol–water partition coefficient (Wildman–Crippen LogP) is 2.91. The van der Waals surface area contributed by atoms with Crippen molar-refractivity contribution >= 4 is 23.1 Å². The van der Waals surface area contributed by atoms with Crippen molar-refractivity contribution in [3.05, 3.63) is 71.4 Å². The summed E-state index contributed by atoms with van der Waals surface area (Å²) in [5, 5.41) is 9.22. The van der Waals surface area contributed by atoms with Crippen molar-refractivity contribution in [2.24, 2.45) is 0 Å². The summed E-state index contributed by atoms with van der Waals surface area (Å²) in [6, 6.07) is 12.5. The summed E-state index contributed by atoms with van der Waals surface area (Å²) in [6.45, 7) is -0.172. The van der Waals surface area contributed by atoms with Crippen LogP contribution < -0.4 is 4.90 Å². The molecule has 1 heterocycles. The minimum atomic E-state index is -4.60. The highest BCUT2D eigenvalue weighted by Crippen LogP contribution is 2.37. The Morgan fingerprint density at radius 3 is 2.29 bits per heavy atom. The van der Waals surface area contributed by atoms with Gasteiger partial charge in [0, 0.05) is 13.6 Å². The SMILES string of the molecule is CN(CCO)C1=C(c2ccccc2)C(=O)N(c2cccc(C(F)(F)F)c2)C1=O. The number of alkyl halides is 3. The average Bonchev–Trinajstić information content (AvgIpc) is 2.92. The summed E-state index contributed by atoms with van der Waals surface area (Å²) in [7, 11) is 1.54. The largest absolute Gasteiger partial charge is 0.416 e. The molecule has 2 aromatic carbocycles. The number of imide groups is 1. The first-order valence-electron chi connectivity index (χ1n) is 8.43. The molecule has 1 aliphatic rings. The Bertz CT molecular complexity index is 939. The zero-order valence-electron chi connectivity index (χ0n) is 14.9. The van der Waals surface area contributed by atoms with Crippen molar-refractivity contribution in [3.63, 3.8) is 0 Å². The molecule has 0 saturated carbocycles. The van der Waals surface area contributed by atoms with E-state index in [0.29, 0.717) is 5.56 Å². The molecule has 2 amide bonds. The Morgan fingerprint density at radius 1 is 1.00 bits per heavy atom. The number of aliphatic hydroxyl groups is 1. The molecule has 0 fully saturated rings. The number of carbonyl (C=O) groups excluding carboxylic acids is 2. The maximum absolute atomic E-state index is 13.1. The quantitative estimate of drug-likeness (QED) is 0.798. The lowest BCUT2D eigenvalue weighted by Crippen LogP contribution is -2.35. The first-order valence-corrected chi connectivity index (χ1v) is 8.43. The third kappa shape index (κ3) is 3.50. The van der Waals surface area contributed by atoms with Crippen LogP contribution in [-0.4, -0.2) is 42.0 Å². The van der Waals surface area contributed by atoms with E-state index in [2.05, 4.69) is 0 Å². The third-order valence-corrected chi connectivity index (χ3v) is 4.37. The van der Waals surface area contributed by atoms with E-state index in [1.807, 2.05) is 0 Å². The number of amides is 2. The highest BCUT2D eigenvalue weighted by atomic mass is 19.4. The van der Waals surface area contributed by atoms with Crippen LogP contribution in [0.15, 0.2) is 60.3 Å². The van der Waals surface area contributed by atoms with Gasteiger partial charge in [0.1, 0.15) is 5.70 Å². The van der Waals surface area contributed by atoms with Gasteiger partial charge in [0.2, 0.25) is 0 Å². The summed E-state index contributed by atoms with van der Waals surface area (Å²) in [6.07, 6.45) is -4.60. The van der Waals surface area contributed by atoms with Crippen LogP contribution >= 0.6 is 0 Å². The van der Waals surface area contributed by atoms with Crippen LogP contribution in [0.25, 0.3) is 5.57 Å². The second kappa shape index (κ2) is 7.47. The first kappa shape index (κ1) is 19.6. The molecule has 0 aromatic heterocycles. The van der Waals surface area contributed by atoms with Gasteiger partial charge in [-0.3, -0.25) is 9.59 Å². The van der Waals surface area contributed by atoms with Gasteiger partial charge in [-0.2, -0.15) is 13.2 Å². The molecule has 1 N–H and O–H groups in total. The highest BCUT2D eigenvalue weighted by molar-refractivity contribution is 6.45.